The molecule has 0 atom stereocenters. The molecule has 14 rings (SSSR count). The maximum absolute atomic E-state index is 5.46. The SMILES string of the molecule is c1ccc(-c2cccc(-c3ccc(-c4nc5ccccc5nc4-c4ccc(-n5c6ccc7ccccc7c6c6c7ccccc7c(-c7cccc(-c8ccccc8)c7)cc65)c5ccccc45)cc3)c2)cc1. The van der Waals surface area contributed by atoms with Crippen molar-refractivity contribution in [2.45, 2.75) is 0 Å². The van der Waals surface area contributed by atoms with E-state index in [1.807, 2.05) is 12.1 Å². The van der Waals surface area contributed by atoms with Gasteiger partial charge < -0.3 is 4.57 Å². The Morgan fingerprint density at radius 1 is 0.254 bits per heavy atom. The molecule has 0 saturated heterocycles. The van der Waals surface area contributed by atoms with E-state index < -0.39 is 0 Å². The highest BCUT2D eigenvalue weighted by Gasteiger charge is 2.23. The second-order valence-corrected chi connectivity index (χ2v) is 18.4. The third-order valence-corrected chi connectivity index (χ3v) is 14.4. The van der Waals surface area contributed by atoms with E-state index >= 15 is 0 Å². The summed E-state index contributed by atoms with van der Waals surface area (Å²) in [4.78, 5) is 10.9. The lowest BCUT2D eigenvalue weighted by atomic mass is 9.92. The minimum Gasteiger partial charge on any atom is -0.309 e. The van der Waals surface area contributed by atoms with E-state index in [4.69, 9.17) is 9.97 Å². The number of aromatic nitrogens is 3. The standard InChI is InChI=1S/C68H43N3/c1-3-17-44(18-4-1)49-22-15-23-50(41-49)46-33-35-48(36-34-46)67-68(70-61-32-14-13-31-60(61)69-67)58-38-40-62(56-29-11-9-27-54(56)58)71-63-39-37-47-21-7-8-26-53(47)65(63)66-57-30-12-10-28-55(57)59(43-64(66)71)52-25-16-24-51(42-52)45-19-5-2-6-20-45/h1-43H. The Labute approximate surface area is 411 Å². The van der Waals surface area contributed by atoms with Crippen LogP contribution < -0.4 is 0 Å². The first-order chi connectivity index (χ1) is 35.2. The molecule has 330 valence electrons. The van der Waals surface area contributed by atoms with E-state index in [-0.39, 0.29) is 0 Å². The van der Waals surface area contributed by atoms with Gasteiger partial charge in [-0.2, -0.15) is 0 Å². The van der Waals surface area contributed by atoms with Crippen LogP contribution in [0.3, 0.4) is 0 Å². The maximum Gasteiger partial charge on any atom is 0.0979 e. The largest absolute Gasteiger partial charge is 0.309 e. The third kappa shape index (κ3) is 6.82. The van der Waals surface area contributed by atoms with Gasteiger partial charge in [0.1, 0.15) is 0 Å². The summed E-state index contributed by atoms with van der Waals surface area (Å²) < 4.78 is 2.51. The lowest BCUT2D eigenvalue weighted by Gasteiger charge is -2.17. The molecule has 2 heterocycles. The second kappa shape index (κ2) is 16.7. The van der Waals surface area contributed by atoms with Gasteiger partial charge in [0.25, 0.3) is 0 Å². The van der Waals surface area contributed by atoms with Crippen LogP contribution in [0.5, 0.6) is 0 Å². The lowest BCUT2D eigenvalue weighted by molar-refractivity contribution is 1.20. The van der Waals surface area contributed by atoms with E-state index in [9.17, 15) is 0 Å². The topological polar surface area (TPSA) is 30.7 Å². The maximum atomic E-state index is 5.46. The molecule has 2 aromatic heterocycles. The molecule has 71 heavy (non-hydrogen) atoms. The van der Waals surface area contributed by atoms with Gasteiger partial charge in [0, 0.05) is 27.3 Å². The zero-order chi connectivity index (χ0) is 46.8. The highest BCUT2D eigenvalue weighted by molar-refractivity contribution is 6.30. The van der Waals surface area contributed by atoms with E-state index in [0.29, 0.717) is 0 Å². The predicted molar refractivity (Wildman–Crippen MR) is 299 cm³/mol. The smallest absolute Gasteiger partial charge is 0.0979 e. The second-order valence-electron chi connectivity index (χ2n) is 18.4. The van der Waals surface area contributed by atoms with Crippen molar-refractivity contribution in [1.82, 2.24) is 14.5 Å². The van der Waals surface area contributed by atoms with Crippen LogP contribution in [0.15, 0.2) is 261 Å². The summed E-state index contributed by atoms with van der Waals surface area (Å²) in [5.74, 6) is 0. The number of benzene rings is 12. The molecule has 0 aliphatic rings. The van der Waals surface area contributed by atoms with Crippen molar-refractivity contribution in [3.05, 3.63) is 261 Å². The van der Waals surface area contributed by atoms with Crippen LogP contribution >= 0.6 is 0 Å². The molecule has 12 aromatic carbocycles. The van der Waals surface area contributed by atoms with Crippen molar-refractivity contribution in [3.63, 3.8) is 0 Å². The monoisotopic (exact) mass is 901 g/mol. The minimum absolute atomic E-state index is 0.850. The van der Waals surface area contributed by atoms with Crippen molar-refractivity contribution in [1.29, 1.82) is 0 Å². The molecule has 0 bridgehead atoms. The molecular weight excluding hydrogens is 859 g/mol. The first-order valence-electron chi connectivity index (χ1n) is 24.3. The summed E-state index contributed by atoms with van der Waals surface area (Å²) in [6.45, 7) is 0. The molecule has 0 fully saturated rings. The average Bonchev–Trinajstić information content (AvgIpc) is 3.79. The average molecular weight is 902 g/mol. The predicted octanol–water partition coefficient (Wildman–Crippen LogP) is 18.2. The highest BCUT2D eigenvalue weighted by Crippen LogP contribution is 2.46. The molecule has 3 nitrogen and oxygen atoms in total. The molecule has 3 heteroatoms. The molecule has 0 saturated carbocycles. The van der Waals surface area contributed by atoms with Crippen molar-refractivity contribution >= 4 is 65.2 Å². The lowest BCUT2D eigenvalue weighted by Crippen LogP contribution is -1.99. The van der Waals surface area contributed by atoms with Gasteiger partial charge >= 0.3 is 0 Å². The number of para-hydroxylation sites is 2. The first kappa shape index (κ1) is 40.6. The fourth-order valence-corrected chi connectivity index (χ4v) is 11.0. The Bertz CT molecular complexity index is 4380. The van der Waals surface area contributed by atoms with Gasteiger partial charge in [0.2, 0.25) is 0 Å². The van der Waals surface area contributed by atoms with E-state index in [2.05, 4.69) is 253 Å². The van der Waals surface area contributed by atoms with Crippen LogP contribution in [0.25, 0.3) is 138 Å². The Morgan fingerprint density at radius 3 is 1.41 bits per heavy atom. The van der Waals surface area contributed by atoms with E-state index in [1.165, 1.54) is 71.3 Å². The van der Waals surface area contributed by atoms with Crippen LogP contribution in [0, 0.1) is 0 Å². The van der Waals surface area contributed by atoms with Crippen molar-refractivity contribution in [3.8, 4) is 72.7 Å². The summed E-state index contributed by atoms with van der Waals surface area (Å²) in [5, 5.41) is 9.67. The number of fused-ring (bicyclic) bond motifs is 9. The van der Waals surface area contributed by atoms with Crippen molar-refractivity contribution in [2.75, 3.05) is 0 Å². The zero-order valence-electron chi connectivity index (χ0n) is 38.7. The Kier molecular flexibility index (Phi) is 9.53. The summed E-state index contributed by atoms with van der Waals surface area (Å²) in [6.07, 6.45) is 0. The molecule has 14 aromatic rings. The Hall–Kier alpha value is -9.44. The minimum atomic E-state index is 0.850. The molecule has 0 amide bonds. The van der Waals surface area contributed by atoms with E-state index in [1.54, 1.807) is 0 Å². The summed E-state index contributed by atoms with van der Waals surface area (Å²) in [7, 11) is 0. The van der Waals surface area contributed by atoms with Gasteiger partial charge in [-0.1, -0.05) is 212 Å². The van der Waals surface area contributed by atoms with Gasteiger partial charge in [0.15, 0.2) is 0 Å². The fourth-order valence-electron chi connectivity index (χ4n) is 11.0. The number of rotatable bonds is 7. The molecule has 0 aliphatic heterocycles. The molecule has 0 aliphatic carbocycles. The van der Waals surface area contributed by atoms with Gasteiger partial charge in [-0.3, -0.25) is 0 Å². The number of nitrogens with zero attached hydrogens (tertiary/aromatic N) is 3. The Balaban J connectivity index is 0.984. The summed E-state index contributed by atoms with van der Waals surface area (Å²) >= 11 is 0. The Morgan fingerprint density at radius 2 is 0.732 bits per heavy atom. The number of hydrogen-bond donors (Lipinski definition) is 0. The van der Waals surface area contributed by atoms with Crippen LogP contribution in [0.2, 0.25) is 0 Å². The zero-order valence-corrected chi connectivity index (χ0v) is 38.7. The van der Waals surface area contributed by atoms with Gasteiger partial charge in [0.05, 0.1) is 39.1 Å². The highest BCUT2D eigenvalue weighted by atomic mass is 15.0. The number of hydrogen-bond acceptors (Lipinski definition) is 2. The quantitative estimate of drug-likeness (QED) is 0.160. The molecular formula is C68H43N3. The van der Waals surface area contributed by atoms with E-state index in [0.717, 1.165) is 66.6 Å². The van der Waals surface area contributed by atoms with Gasteiger partial charge in [-0.25, -0.2) is 9.97 Å². The van der Waals surface area contributed by atoms with Crippen molar-refractivity contribution in [2.24, 2.45) is 0 Å². The fraction of sp³-hybridized carbons (Fsp3) is 0. The van der Waals surface area contributed by atoms with Gasteiger partial charge in [-0.15, -0.1) is 0 Å². The van der Waals surface area contributed by atoms with Crippen LogP contribution in [0.4, 0.5) is 0 Å². The normalized spacial score (nSPS) is 11.7. The third-order valence-electron chi connectivity index (χ3n) is 14.4. The first-order valence-corrected chi connectivity index (χ1v) is 24.3. The van der Waals surface area contributed by atoms with Crippen LogP contribution in [-0.2, 0) is 0 Å². The van der Waals surface area contributed by atoms with Crippen LogP contribution in [-0.4, -0.2) is 14.5 Å². The van der Waals surface area contributed by atoms with Crippen molar-refractivity contribution < 1.29 is 0 Å². The molecule has 0 N–H and O–H groups in total. The summed E-state index contributed by atoms with van der Waals surface area (Å²) in [6, 6.07) is 94.2. The molecule has 0 unspecified atom stereocenters. The molecule has 0 spiro atoms. The van der Waals surface area contributed by atoms with Crippen LogP contribution in [0.1, 0.15) is 0 Å². The summed E-state index contributed by atoms with van der Waals surface area (Å²) in [5.41, 5.74) is 18.4. The van der Waals surface area contributed by atoms with Gasteiger partial charge in [-0.05, 0) is 120 Å². The molecule has 0 radical (unpaired) electrons.